The molecule has 0 aliphatic heterocycles. The predicted molar refractivity (Wildman–Crippen MR) is 46.9 cm³/mol. The summed E-state index contributed by atoms with van der Waals surface area (Å²) in [5.41, 5.74) is 0. The van der Waals surface area contributed by atoms with E-state index < -0.39 is 0 Å². The first-order valence-corrected chi connectivity index (χ1v) is 4.03. The fraction of sp³-hybridized carbons (Fsp3) is 0.833. The third-order valence-corrected chi connectivity index (χ3v) is 1.26. The summed E-state index contributed by atoms with van der Waals surface area (Å²) in [6, 6.07) is 0. The van der Waals surface area contributed by atoms with E-state index in [1.54, 1.807) is 0 Å². The molecule has 0 aromatic heterocycles. The van der Waals surface area contributed by atoms with Gasteiger partial charge in [-0.2, -0.15) is 0 Å². The van der Waals surface area contributed by atoms with Gasteiger partial charge in [0.25, 0.3) is 0 Å². The molecule has 0 heterocycles. The molecule has 0 unspecified atom stereocenters. The number of unbranched alkanes of at least 4 members (excludes halogenated alkanes) is 2. The molecule has 70 valence electrons. The van der Waals surface area contributed by atoms with Crippen molar-refractivity contribution in [3.05, 3.63) is 0 Å². The summed E-state index contributed by atoms with van der Waals surface area (Å²) in [4.78, 5) is 0. The van der Waals surface area contributed by atoms with Crippen molar-refractivity contribution in [3.8, 4) is 0 Å². The Bertz CT molecular complexity index is 101. The first kappa shape index (κ1) is 14.3. The van der Waals surface area contributed by atoms with E-state index in [2.05, 4.69) is 24.8 Å². The summed E-state index contributed by atoms with van der Waals surface area (Å²) in [5.74, 6) is 0. The molecule has 0 saturated carbocycles. The van der Waals surface area contributed by atoms with E-state index in [1.165, 1.54) is 0 Å². The molecule has 0 aromatic carbocycles. The topological polar surface area (TPSA) is 29.5 Å². The van der Waals surface area contributed by atoms with E-state index in [-0.39, 0.29) is 33.4 Å². The fourth-order valence-electron chi connectivity index (χ4n) is 0.546. The van der Waals surface area contributed by atoms with Crippen LogP contribution in [0.3, 0.4) is 0 Å². The van der Waals surface area contributed by atoms with Gasteiger partial charge in [0.15, 0.2) is 0 Å². The molecule has 5 heteroatoms. The second-order valence-corrected chi connectivity index (χ2v) is 2.88. The minimum atomic E-state index is 0. The molecule has 0 atom stereocenters. The fourth-order valence-corrected chi connectivity index (χ4v) is 0.713. The van der Waals surface area contributed by atoms with E-state index in [4.69, 9.17) is 9.84 Å². The van der Waals surface area contributed by atoms with Gasteiger partial charge in [0.05, 0.1) is 6.61 Å². The second kappa shape index (κ2) is 10.8. The molecule has 1 N–H and O–H groups in total. The Morgan fingerprint density at radius 3 is 2.45 bits per heavy atom. The second-order valence-electron chi connectivity index (χ2n) is 1.88. The van der Waals surface area contributed by atoms with Crippen LogP contribution >= 0.6 is 12.2 Å². The average Bonchev–Trinajstić information content (AvgIpc) is 1.87. The van der Waals surface area contributed by atoms with Crippen molar-refractivity contribution in [2.45, 2.75) is 19.3 Å². The van der Waals surface area contributed by atoms with Gasteiger partial charge in [-0.25, -0.2) is 0 Å². The minimum absolute atomic E-state index is 0. The van der Waals surface area contributed by atoms with Gasteiger partial charge in [0.1, 0.15) is 0 Å². The van der Waals surface area contributed by atoms with Crippen molar-refractivity contribution >= 4 is 29.2 Å². The first-order valence-electron chi connectivity index (χ1n) is 3.22. The zero-order valence-electron chi connectivity index (χ0n) is 6.01. The molecule has 0 amide bonds. The number of thiocarbonyl (C=S) groups is 1. The molecule has 11 heavy (non-hydrogen) atoms. The van der Waals surface area contributed by atoms with Gasteiger partial charge in [-0.05, 0) is 19.3 Å². The van der Waals surface area contributed by atoms with E-state index >= 15 is 0 Å². The van der Waals surface area contributed by atoms with Crippen molar-refractivity contribution in [2.75, 3.05) is 13.2 Å². The van der Waals surface area contributed by atoms with Gasteiger partial charge >= 0.3 is 22.4 Å². The molecule has 0 saturated heterocycles. The Morgan fingerprint density at radius 2 is 2.00 bits per heavy atom. The Morgan fingerprint density at radius 1 is 1.36 bits per heavy atom. The van der Waals surface area contributed by atoms with Crippen LogP contribution in [0.5, 0.6) is 0 Å². The van der Waals surface area contributed by atoms with Crippen LogP contribution in [0.15, 0.2) is 0 Å². The van der Waals surface area contributed by atoms with Crippen molar-refractivity contribution in [1.82, 2.24) is 0 Å². The van der Waals surface area contributed by atoms with E-state index in [0.29, 0.717) is 6.61 Å². The number of rotatable bonds is 5. The number of hydrogen-bond donors (Lipinski definition) is 1. The normalized spacial score (nSPS) is 8.45. The first-order chi connectivity index (χ1) is 4.77. The molecule has 0 radical (unpaired) electrons. The summed E-state index contributed by atoms with van der Waals surface area (Å²) in [7, 11) is 0. The van der Waals surface area contributed by atoms with Crippen LogP contribution in [-0.4, -0.2) is 22.7 Å². The predicted octanol–water partition coefficient (Wildman–Crippen LogP) is 0.995. The van der Waals surface area contributed by atoms with Crippen molar-refractivity contribution in [3.63, 3.8) is 0 Å². The van der Waals surface area contributed by atoms with Crippen LogP contribution in [0, 0.1) is 0 Å². The average molecular weight is 376 g/mol. The van der Waals surface area contributed by atoms with Gasteiger partial charge in [-0.3, -0.25) is 0 Å². The standard InChI is InChI=1S/C6H12O2S2.Au/c7-4-2-1-3-5-8-6(9)10;/h7H,1-5H2,(H,9,10);/q;+1/p-1. The Hall–Kier alpha value is 0.810. The molecule has 0 aromatic rings. The Kier molecular flexibility index (Phi) is 14.1. The summed E-state index contributed by atoms with van der Waals surface area (Å²) in [5, 5.41) is 8.39. The molecular formula is C6H11AuO2S2. The Labute approximate surface area is 93.6 Å². The van der Waals surface area contributed by atoms with Crippen LogP contribution in [0.2, 0.25) is 0 Å². The van der Waals surface area contributed by atoms with Crippen molar-refractivity contribution < 1.29 is 32.2 Å². The van der Waals surface area contributed by atoms with Crippen LogP contribution in [0.25, 0.3) is 0 Å². The molecule has 0 aliphatic carbocycles. The number of aliphatic hydroxyl groups excluding tert-OH is 1. The van der Waals surface area contributed by atoms with Gasteiger partial charge in [0, 0.05) is 11.0 Å². The smallest absolute Gasteiger partial charge is 0.514 e. The zero-order chi connectivity index (χ0) is 7.82. The maximum Gasteiger partial charge on any atom is 1.00 e. The quantitative estimate of drug-likeness (QED) is 0.336. The molecule has 0 rings (SSSR count). The van der Waals surface area contributed by atoms with Gasteiger partial charge in [0.2, 0.25) is 0 Å². The van der Waals surface area contributed by atoms with Gasteiger partial charge in [-0.15, -0.1) is 0 Å². The summed E-state index contributed by atoms with van der Waals surface area (Å²) < 4.78 is 5.04. The summed E-state index contributed by atoms with van der Waals surface area (Å²) in [6.45, 7) is 0.834. The third-order valence-electron chi connectivity index (χ3n) is 1.02. The van der Waals surface area contributed by atoms with Crippen LogP contribution in [0.4, 0.5) is 0 Å². The number of hydrogen-bond acceptors (Lipinski definition) is 4. The molecular weight excluding hydrogens is 365 g/mol. The van der Waals surface area contributed by atoms with Gasteiger partial charge in [-0.1, -0.05) is 0 Å². The maximum atomic E-state index is 8.39. The van der Waals surface area contributed by atoms with E-state index in [9.17, 15) is 0 Å². The minimum Gasteiger partial charge on any atom is -0.514 e. The van der Waals surface area contributed by atoms with Gasteiger partial charge < -0.3 is 34.7 Å². The maximum absolute atomic E-state index is 8.39. The SMILES string of the molecule is OCCCCCOC(=S)[S-].[Au+]. The largest absolute Gasteiger partial charge is 1.00 e. The van der Waals surface area contributed by atoms with E-state index in [1.807, 2.05) is 0 Å². The Balaban J connectivity index is 0. The van der Waals surface area contributed by atoms with Crippen LogP contribution < -0.4 is 0 Å². The monoisotopic (exact) mass is 376 g/mol. The third kappa shape index (κ3) is 13.8. The summed E-state index contributed by atoms with van der Waals surface area (Å²) in [6.07, 6.45) is 2.71. The molecule has 0 spiro atoms. The summed E-state index contributed by atoms with van der Waals surface area (Å²) >= 11 is 9.03. The molecule has 0 bridgehead atoms. The molecule has 0 aliphatic rings. The van der Waals surface area contributed by atoms with Crippen LogP contribution in [0.1, 0.15) is 19.3 Å². The molecule has 2 nitrogen and oxygen atoms in total. The van der Waals surface area contributed by atoms with Crippen LogP contribution in [-0.2, 0) is 39.7 Å². The zero-order valence-corrected chi connectivity index (χ0v) is 9.81. The number of ether oxygens (including phenoxy) is 1. The molecule has 0 fully saturated rings. The van der Waals surface area contributed by atoms with Crippen molar-refractivity contribution in [2.24, 2.45) is 0 Å². The van der Waals surface area contributed by atoms with Crippen molar-refractivity contribution in [1.29, 1.82) is 0 Å². The van der Waals surface area contributed by atoms with E-state index in [0.717, 1.165) is 19.3 Å². The number of aliphatic hydroxyl groups is 1.